The Morgan fingerprint density at radius 2 is 1.89 bits per heavy atom. The van der Waals surface area contributed by atoms with Crippen molar-refractivity contribution in [1.29, 1.82) is 5.26 Å². The molecular weight excluding hydrogens is 262 g/mol. The summed E-state index contributed by atoms with van der Waals surface area (Å²) in [6.45, 7) is 0. The molecule has 0 aliphatic carbocycles. The first kappa shape index (κ1) is 12.3. The highest BCUT2D eigenvalue weighted by Crippen LogP contribution is 2.29. The van der Waals surface area contributed by atoms with Crippen LogP contribution < -0.4 is 4.74 Å². The van der Waals surface area contributed by atoms with E-state index in [0.29, 0.717) is 6.07 Å². The number of aromatic nitrogens is 1. The van der Waals surface area contributed by atoms with E-state index in [-0.39, 0.29) is 22.2 Å². The Bertz CT molecular complexity index is 620. The molecule has 0 bridgehead atoms. The van der Waals surface area contributed by atoms with Gasteiger partial charge in [-0.1, -0.05) is 11.6 Å². The molecule has 0 saturated carbocycles. The van der Waals surface area contributed by atoms with E-state index in [1.165, 1.54) is 12.3 Å². The van der Waals surface area contributed by atoms with E-state index >= 15 is 0 Å². The van der Waals surface area contributed by atoms with Gasteiger partial charge in [-0.3, -0.25) is 0 Å². The smallest absolute Gasteiger partial charge is 0.239 e. The molecule has 0 atom stereocenters. The van der Waals surface area contributed by atoms with Gasteiger partial charge < -0.3 is 4.74 Å². The minimum atomic E-state index is -0.780. The van der Waals surface area contributed by atoms with Crippen LogP contribution in [0.4, 0.5) is 8.78 Å². The molecule has 6 heteroatoms. The molecule has 0 aliphatic heterocycles. The van der Waals surface area contributed by atoms with Gasteiger partial charge >= 0.3 is 0 Å². The number of ether oxygens (including phenoxy) is 1. The molecule has 2 aromatic rings. The normalized spacial score (nSPS) is 9.89. The second-order valence-corrected chi connectivity index (χ2v) is 3.67. The molecule has 0 amide bonds. The highest BCUT2D eigenvalue weighted by Gasteiger charge is 2.10. The van der Waals surface area contributed by atoms with Crippen LogP contribution in [0.2, 0.25) is 5.02 Å². The van der Waals surface area contributed by atoms with Crippen LogP contribution in [0.5, 0.6) is 11.6 Å². The minimum Gasteiger partial charge on any atom is -0.437 e. The molecule has 2 rings (SSSR count). The van der Waals surface area contributed by atoms with Crippen LogP contribution in [0.15, 0.2) is 30.5 Å². The van der Waals surface area contributed by atoms with E-state index in [0.717, 1.165) is 12.1 Å². The molecule has 1 aromatic heterocycles. The van der Waals surface area contributed by atoms with Gasteiger partial charge in [0, 0.05) is 24.4 Å². The first-order valence-corrected chi connectivity index (χ1v) is 5.16. The number of nitriles is 1. The molecule has 0 fully saturated rings. The Kier molecular flexibility index (Phi) is 3.40. The largest absolute Gasteiger partial charge is 0.437 e. The van der Waals surface area contributed by atoms with Crippen molar-refractivity contribution < 1.29 is 13.5 Å². The second kappa shape index (κ2) is 4.98. The molecule has 3 nitrogen and oxygen atoms in total. The van der Waals surface area contributed by atoms with Crippen molar-refractivity contribution in [2.75, 3.05) is 0 Å². The van der Waals surface area contributed by atoms with Gasteiger partial charge in [-0.15, -0.1) is 0 Å². The van der Waals surface area contributed by atoms with Gasteiger partial charge in [0.2, 0.25) is 5.88 Å². The maximum atomic E-state index is 13.0. The van der Waals surface area contributed by atoms with E-state index in [2.05, 4.69) is 4.98 Å². The average molecular weight is 267 g/mol. The predicted octanol–water partition coefficient (Wildman–Crippen LogP) is 3.68. The lowest BCUT2D eigenvalue weighted by atomic mass is 10.3. The van der Waals surface area contributed by atoms with Crippen molar-refractivity contribution in [3.63, 3.8) is 0 Å². The number of pyridine rings is 1. The topological polar surface area (TPSA) is 45.9 Å². The Labute approximate surface area is 106 Å². The van der Waals surface area contributed by atoms with Crippen molar-refractivity contribution >= 4 is 11.6 Å². The molecule has 0 unspecified atom stereocenters. The van der Waals surface area contributed by atoms with Crippen molar-refractivity contribution in [2.45, 2.75) is 0 Å². The van der Waals surface area contributed by atoms with E-state index in [1.54, 1.807) is 0 Å². The monoisotopic (exact) mass is 266 g/mol. The minimum absolute atomic E-state index is 0.00957. The van der Waals surface area contributed by atoms with Gasteiger partial charge in [0.25, 0.3) is 0 Å². The number of benzene rings is 1. The third-order valence-corrected chi connectivity index (χ3v) is 2.39. The summed E-state index contributed by atoms with van der Waals surface area (Å²) < 4.78 is 31.0. The molecule has 0 spiro atoms. The molecular formula is C12H5ClF2N2O. The zero-order valence-electron chi connectivity index (χ0n) is 8.82. The number of halogens is 3. The van der Waals surface area contributed by atoms with Gasteiger partial charge in [-0.25, -0.2) is 13.8 Å². The highest BCUT2D eigenvalue weighted by molar-refractivity contribution is 6.33. The predicted molar refractivity (Wildman–Crippen MR) is 60.4 cm³/mol. The summed E-state index contributed by atoms with van der Waals surface area (Å²) in [5.74, 6) is -1.73. The average Bonchev–Trinajstić information content (AvgIpc) is 2.30. The third-order valence-electron chi connectivity index (χ3n) is 2.03. The van der Waals surface area contributed by atoms with Gasteiger partial charge in [0.05, 0.1) is 5.56 Å². The van der Waals surface area contributed by atoms with E-state index in [4.69, 9.17) is 21.6 Å². The lowest BCUT2D eigenvalue weighted by molar-refractivity contribution is 0.451. The fourth-order valence-corrected chi connectivity index (χ4v) is 1.47. The number of hydrogen-bond acceptors (Lipinski definition) is 3. The molecule has 0 radical (unpaired) electrons. The zero-order valence-corrected chi connectivity index (χ0v) is 9.58. The Balaban J connectivity index is 2.37. The maximum absolute atomic E-state index is 13.0. The van der Waals surface area contributed by atoms with Crippen LogP contribution in [0.25, 0.3) is 0 Å². The molecule has 1 heterocycles. The first-order chi connectivity index (χ1) is 8.60. The number of hydrogen-bond donors (Lipinski definition) is 0. The molecule has 90 valence electrons. The Morgan fingerprint density at radius 3 is 2.50 bits per heavy atom. The van der Waals surface area contributed by atoms with Gasteiger partial charge in [0.15, 0.2) is 0 Å². The summed E-state index contributed by atoms with van der Waals surface area (Å²) in [4.78, 5) is 3.79. The third kappa shape index (κ3) is 2.55. The second-order valence-electron chi connectivity index (χ2n) is 3.30. The quantitative estimate of drug-likeness (QED) is 0.833. The fraction of sp³-hybridized carbons (Fsp3) is 0. The lowest BCUT2D eigenvalue weighted by Gasteiger charge is -2.07. The molecule has 0 N–H and O–H groups in total. The molecule has 0 aliphatic rings. The fourth-order valence-electron chi connectivity index (χ4n) is 1.28. The Hall–Kier alpha value is -2.19. The standard InChI is InChI=1S/C12H5ClF2N2O/c13-11-7(6-16)1-2-17-12(11)18-10-4-8(14)3-9(15)5-10/h1-5H. The van der Waals surface area contributed by atoms with Crippen LogP contribution in [-0.4, -0.2) is 4.98 Å². The zero-order chi connectivity index (χ0) is 13.1. The summed E-state index contributed by atoms with van der Waals surface area (Å²) in [5, 5.41) is 8.75. The summed E-state index contributed by atoms with van der Waals surface area (Å²) >= 11 is 5.84. The Morgan fingerprint density at radius 1 is 1.22 bits per heavy atom. The van der Waals surface area contributed by atoms with Crippen molar-refractivity contribution in [3.8, 4) is 17.7 Å². The maximum Gasteiger partial charge on any atom is 0.239 e. The summed E-state index contributed by atoms with van der Waals surface area (Å²) in [5.41, 5.74) is 0.165. The number of rotatable bonds is 2. The van der Waals surface area contributed by atoms with Crippen LogP contribution >= 0.6 is 11.6 Å². The van der Waals surface area contributed by atoms with E-state index in [1.807, 2.05) is 6.07 Å². The highest BCUT2D eigenvalue weighted by atomic mass is 35.5. The lowest BCUT2D eigenvalue weighted by Crippen LogP contribution is -1.92. The van der Waals surface area contributed by atoms with Crippen molar-refractivity contribution in [2.24, 2.45) is 0 Å². The summed E-state index contributed by atoms with van der Waals surface area (Å²) in [6, 6.07) is 5.94. The van der Waals surface area contributed by atoms with Gasteiger partial charge in [0.1, 0.15) is 28.5 Å². The van der Waals surface area contributed by atoms with Crippen molar-refractivity contribution in [3.05, 3.63) is 52.7 Å². The van der Waals surface area contributed by atoms with Gasteiger partial charge in [-0.2, -0.15) is 5.26 Å². The molecule has 18 heavy (non-hydrogen) atoms. The van der Waals surface area contributed by atoms with E-state index in [9.17, 15) is 8.78 Å². The van der Waals surface area contributed by atoms with Crippen LogP contribution in [0.3, 0.4) is 0 Å². The summed E-state index contributed by atoms with van der Waals surface area (Å²) in [6.07, 6.45) is 1.31. The number of nitrogens with zero attached hydrogens (tertiary/aromatic N) is 2. The SMILES string of the molecule is N#Cc1ccnc(Oc2cc(F)cc(F)c2)c1Cl. The van der Waals surface area contributed by atoms with Crippen LogP contribution in [0.1, 0.15) is 5.56 Å². The van der Waals surface area contributed by atoms with Crippen LogP contribution in [0, 0.1) is 23.0 Å². The van der Waals surface area contributed by atoms with E-state index < -0.39 is 11.6 Å². The summed E-state index contributed by atoms with van der Waals surface area (Å²) in [7, 11) is 0. The van der Waals surface area contributed by atoms with Gasteiger partial charge in [-0.05, 0) is 6.07 Å². The van der Waals surface area contributed by atoms with Crippen LogP contribution in [-0.2, 0) is 0 Å². The first-order valence-electron chi connectivity index (χ1n) is 4.78. The molecule has 1 aromatic carbocycles. The van der Waals surface area contributed by atoms with Crippen molar-refractivity contribution in [1.82, 2.24) is 4.98 Å². The molecule has 0 saturated heterocycles.